The van der Waals surface area contributed by atoms with E-state index in [0.29, 0.717) is 19.3 Å². The highest BCUT2D eigenvalue weighted by atomic mass is 79.9. The van der Waals surface area contributed by atoms with E-state index in [1.807, 2.05) is 6.92 Å². The average molecular weight is 418 g/mol. The third-order valence-electron chi connectivity index (χ3n) is 4.82. The van der Waals surface area contributed by atoms with Crippen LogP contribution in [0.2, 0.25) is 0 Å². The van der Waals surface area contributed by atoms with Gasteiger partial charge in [-0.2, -0.15) is 0 Å². The molecule has 0 saturated heterocycles. The molecule has 0 unspecified atom stereocenters. The second-order valence-corrected chi connectivity index (χ2v) is 7.83. The molecule has 0 aliphatic heterocycles. The van der Waals surface area contributed by atoms with Crippen LogP contribution < -0.4 is 14.8 Å². The van der Waals surface area contributed by atoms with Crippen LogP contribution in [-0.2, 0) is 13.2 Å². The molecule has 1 saturated carbocycles. The molecule has 0 aromatic heterocycles. The summed E-state index contributed by atoms with van der Waals surface area (Å²) in [5.41, 5.74) is 3.62. The number of benzene rings is 2. The quantitative estimate of drug-likeness (QED) is 0.591. The molecule has 140 valence electrons. The molecule has 1 N–H and O–H groups in total. The van der Waals surface area contributed by atoms with Crippen molar-refractivity contribution in [3.05, 3.63) is 57.6 Å². The number of nitrogens with one attached hydrogen (secondary N) is 1. The van der Waals surface area contributed by atoms with Gasteiger partial charge < -0.3 is 14.8 Å². The number of hydrogen-bond donors (Lipinski definition) is 1. The van der Waals surface area contributed by atoms with Crippen LogP contribution in [0.1, 0.15) is 49.3 Å². The van der Waals surface area contributed by atoms with Gasteiger partial charge in [-0.1, -0.05) is 42.7 Å². The van der Waals surface area contributed by atoms with Gasteiger partial charge in [-0.05, 0) is 65.9 Å². The summed E-state index contributed by atoms with van der Waals surface area (Å²) in [5, 5.41) is 3.66. The fourth-order valence-corrected chi connectivity index (χ4v) is 3.96. The summed E-state index contributed by atoms with van der Waals surface area (Å²) in [6, 6.07) is 13.3. The molecule has 26 heavy (non-hydrogen) atoms. The van der Waals surface area contributed by atoms with E-state index in [9.17, 15) is 0 Å². The Morgan fingerprint density at radius 2 is 1.77 bits per heavy atom. The van der Waals surface area contributed by atoms with E-state index in [1.165, 1.54) is 36.8 Å². The first kappa shape index (κ1) is 19.2. The Bertz CT molecular complexity index is 709. The molecule has 0 heterocycles. The normalized spacial score (nSPS) is 14.6. The van der Waals surface area contributed by atoms with E-state index in [-0.39, 0.29) is 0 Å². The van der Waals surface area contributed by atoms with Crippen LogP contribution in [0.15, 0.2) is 40.9 Å². The van der Waals surface area contributed by atoms with Gasteiger partial charge in [0.1, 0.15) is 6.61 Å². The van der Waals surface area contributed by atoms with Crippen LogP contribution in [0.5, 0.6) is 11.5 Å². The first-order chi connectivity index (χ1) is 12.7. The lowest BCUT2D eigenvalue weighted by molar-refractivity contribution is 0.267. The summed E-state index contributed by atoms with van der Waals surface area (Å²) in [6.45, 7) is 6.10. The Kier molecular flexibility index (Phi) is 6.98. The fraction of sp³-hybridized carbons (Fsp3) is 0.455. The second-order valence-electron chi connectivity index (χ2n) is 6.97. The van der Waals surface area contributed by atoms with Crippen molar-refractivity contribution in [2.75, 3.05) is 6.61 Å². The van der Waals surface area contributed by atoms with E-state index >= 15 is 0 Å². The second kappa shape index (κ2) is 9.43. The lowest BCUT2D eigenvalue weighted by Crippen LogP contribution is -2.25. The van der Waals surface area contributed by atoms with Crippen LogP contribution in [0.3, 0.4) is 0 Å². The van der Waals surface area contributed by atoms with Gasteiger partial charge in [-0.15, -0.1) is 0 Å². The number of halogens is 1. The zero-order valence-corrected chi connectivity index (χ0v) is 17.3. The van der Waals surface area contributed by atoms with Crippen molar-refractivity contribution in [1.29, 1.82) is 0 Å². The van der Waals surface area contributed by atoms with Crippen molar-refractivity contribution >= 4 is 15.9 Å². The van der Waals surface area contributed by atoms with Crippen LogP contribution in [0.25, 0.3) is 0 Å². The summed E-state index contributed by atoms with van der Waals surface area (Å²) < 4.78 is 12.9. The zero-order chi connectivity index (χ0) is 18.4. The molecule has 1 aliphatic carbocycles. The lowest BCUT2D eigenvalue weighted by atomic mass is 10.1. The Balaban J connectivity index is 1.69. The number of hydrogen-bond acceptors (Lipinski definition) is 3. The van der Waals surface area contributed by atoms with Gasteiger partial charge in [0, 0.05) is 12.6 Å². The minimum Gasteiger partial charge on any atom is -0.490 e. The molecule has 0 radical (unpaired) electrons. The van der Waals surface area contributed by atoms with Crippen molar-refractivity contribution in [2.24, 2.45) is 0 Å². The van der Waals surface area contributed by atoms with Gasteiger partial charge in [0.25, 0.3) is 0 Å². The van der Waals surface area contributed by atoms with E-state index < -0.39 is 0 Å². The summed E-state index contributed by atoms with van der Waals surface area (Å²) in [5.74, 6) is 1.58. The number of ether oxygens (including phenoxy) is 2. The molecule has 4 heteroatoms. The lowest BCUT2D eigenvalue weighted by Gasteiger charge is -2.17. The highest BCUT2D eigenvalue weighted by Crippen LogP contribution is 2.37. The van der Waals surface area contributed by atoms with Crippen molar-refractivity contribution in [2.45, 2.75) is 58.7 Å². The third-order valence-corrected chi connectivity index (χ3v) is 5.41. The smallest absolute Gasteiger partial charge is 0.175 e. The predicted molar refractivity (Wildman–Crippen MR) is 110 cm³/mol. The SMILES string of the molecule is CCOc1cc(CNC2CCCC2)cc(Br)c1OCc1ccc(C)cc1. The summed E-state index contributed by atoms with van der Waals surface area (Å²) in [6.07, 6.45) is 5.27. The van der Waals surface area contributed by atoms with Crippen molar-refractivity contribution in [3.8, 4) is 11.5 Å². The molecule has 3 nitrogen and oxygen atoms in total. The monoisotopic (exact) mass is 417 g/mol. The fourth-order valence-electron chi connectivity index (χ4n) is 3.36. The van der Waals surface area contributed by atoms with Crippen LogP contribution in [0, 0.1) is 6.92 Å². The molecule has 1 fully saturated rings. The molecular formula is C22H28BrNO2. The first-order valence-electron chi connectivity index (χ1n) is 9.52. The predicted octanol–water partition coefficient (Wildman–Crippen LogP) is 5.77. The van der Waals surface area contributed by atoms with E-state index in [4.69, 9.17) is 9.47 Å². The molecule has 1 aliphatic rings. The van der Waals surface area contributed by atoms with Gasteiger partial charge in [-0.3, -0.25) is 0 Å². The Morgan fingerprint density at radius 3 is 2.46 bits per heavy atom. The minimum atomic E-state index is 0.526. The summed E-state index contributed by atoms with van der Waals surface area (Å²) >= 11 is 3.67. The van der Waals surface area contributed by atoms with Crippen molar-refractivity contribution < 1.29 is 9.47 Å². The third kappa shape index (κ3) is 5.24. The van der Waals surface area contributed by atoms with Gasteiger partial charge in [0.15, 0.2) is 11.5 Å². The molecule has 2 aromatic carbocycles. The first-order valence-corrected chi connectivity index (χ1v) is 10.3. The van der Waals surface area contributed by atoms with Crippen molar-refractivity contribution in [1.82, 2.24) is 5.32 Å². The van der Waals surface area contributed by atoms with Gasteiger partial charge in [0.2, 0.25) is 0 Å². The minimum absolute atomic E-state index is 0.526. The van der Waals surface area contributed by atoms with E-state index in [1.54, 1.807) is 0 Å². The molecule has 3 rings (SSSR count). The highest BCUT2D eigenvalue weighted by molar-refractivity contribution is 9.10. The van der Waals surface area contributed by atoms with Gasteiger partial charge in [0.05, 0.1) is 11.1 Å². The Morgan fingerprint density at radius 1 is 1.04 bits per heavy atom. The zero-order valence-electron chi connectivity index (χ0n) is 15.7. The Hall–Kier alpha value is -1.52. The maximum Gasteiger partial charge on any atom is 0.175 e. The maximum atomic E-state index is 6.09. The number of aryl methyl sites for hydroxylation is 1. The molecule has 0 bridgehead atoms. The van der Waals surface area contributed by atoms with Crippen LogP contribution in [-0.4, -0.2) is 12.6 Å². The summed E-state index contributed by atoms with van der Waals surface area (Å²) in [7, 11) is 0. The van der Waals surface area contributed by atoms with E-state index in [0.717, 1.165) is 28.1 Å². The van der Waals surface area contributed by atoms with Gasteiger partial charge in [-0.25, -0.2) is 0 Å². The molecular weight excluding hydrogens is 390 g/mol. The molecule has 0 amide bonds. The molecule has 2 aromatic rings. The molecule has 0 spiro atoms. The standard InChI is InChI=1S/C22H28BrNO2/c1-3-25-21-13-18(14-24-19-6-4-5-7-19)12-20(23)22(21)26-15-17-10-8-16(2)9-11-17/h8-13,19,24H,3-7,14-15H2,1-2H3. The Labute approximate surface area is 165 Å². The maximum absolute atomic E-state index is 6.09. The number of rotatable bonds is 8. The van der Waals surface area contributed by atoms with Crippen LogP contribution in [0.4, 0.5) is 0 Å². The van der Waals surface area contributed by atoms with Gasteiger partial charge >= 0.3 is 0 Å². The largest absolute Gasteiger partial charge is 0.490 e. The van der Waals surface area contributed by atoms with Crippen LogP contribution >= 0.6 is 15.9 Å². The average Bonchev–Trinajstić information content (AvgIpc) is 3.14. The highest BCUT2D eigenvalue weighted by Gasteiger charge is 2.16. The van der Waals surface area contributed by atoms with Crippen molar-refractivity contribution in [3.63, 3.8) is 0 Å². The summed E-state index contributed by atoms with van der Waals surface area (Å²) in [4.78, 5) is 0. The van der Waals surface area contributed by atoms with E-state index in [2.05, 4.69) is 64.6 Å². The molecule has 0 atom stereocenters. The topological polar surface area (TPSA) is 30.5 Å².